The fraction of sp³-hybridized carbons (Fsp3) is 0.625. The average Bonchev–Trinajstić information content (AvgIpc) is 2.46. The van der Waals surface area contributed by atoms with E-state index in [1.165, 1.54) is 0 Å². The van der Waals surface area contributed by atoms with Gasteiger partial charge in [0.2, 0.25) is 10.0 Å². The van der Waals surface area contributed by atoms with Crippen LogP contribution in [0.4, 0.5) is 5.69 Å². The Morgan fingerprint density at radius 2 is 2.10 bits per heavy atom. The number of nitrogens with one attached hydrogen (secondary N) is 1. The van der Waals surface area contributed by atoms with E-state index in [2.05, 4.69) is 12.2 Å². The van der Waals surface area contributed by atoms with E-state index in [4.69, 9.17) is 0 Å². The first-order valence-corrected chi connectivity index (χ1v) is 9.32. The lowest BCUT2D eigenvalue weighted by Crippen LogP contribution is -2.44. The predicted octanol–water partition coefficient (Wildman–Crippen LogP) is 2.85. The van der Waals surface area contributed by atoms with Gasteiger partial charge in [-0.2, -0.15) is 4.31 Å². The van der Waals surface area contributed by atoms with Crippen molar-refractivity contribution in [3.05, 3.63) is 23.8 Å². The van der Waals surface area contributed by atoms with E-state index in [1.807, 2.05) is 19.1 Å². The number of anilines is 1. The highest BCUT2D eigenvalue weighted by molar-refractivity contribution is 7.89. The number of piperidine rings is 1. The molecule has 0 aromatic heterocycles. The van der Waals surface area contributed by atoms with Crippen LogP contribution >= 0.6 is 0 Å². The Balaban J connectivity index is 1.99. The topological polar surface area (TPSA) is 49.4 Å². The summed E-state index contributed by atoms with van der Waals surface area (Å²) in [6.45, 7) is 5.80. The molecule has 0 amide bonds. The van der Waals surface area contributed by atoms with Gasteiger partial charge >= 0.3 is 0 Å². The highest BCUT2D eigenvalue weighted by Gasteiger charge is 2.35. The number of fused-ring (bicyclic) bond motifs is 1. The van der Waals surface area contributed by atoms with Crippen LogP contribution < -0.4 is 5.32 Å². The highest BCUT2D eigenvalue weighted by atomic mass is 32.2. The summed E-state index contributed by atoms with van der Waals surface area (Å²) < 4.78 is 27.9. The second-order valence-electron chi connectivity index (χ2n) is 6.41. The number of nitrogens with zero attached hydrogens (tertiary/aromatic N) is 1. The summed E-state index contributed by atoms with van der Waals surface area (Å²) in [5.41, 5.74) is 1.95. The SMILES string of the molecule is CC1CCN(S(=O)(=O)c2cccc3c2CCCN3)C(C)C1. The Hall–Kier alpha value is -1.07. The molecule has 4 nitrogen and oxygen atoms in total. The van der Waals surface area contributed by atoms with Gasteiger partial charge in [0.1, 0.15) is 0 Å². The van der Waals surface area contributed by atoms with Gasteiger partial charge in [0.15, 0.2) is 0 Å². The largest absolute Gasteiger partial charge is 0.385 e. The number of hydrogen-bond acceptors (Lipinski definition) is 3. The van der Waals surface area contributed by atoms with E-state index in [-0.39, 0.29) is 6.04 Å². The molecular weight excluding hydrogens is 284 g/mol. The number of sulfonamides is 1. The lowest BCUT2D eigenvalue weighted by atomic mass is 9.95. The zero-order valence-electron chi connectivity index (χ0n) is 12.8. The van der Waals surface area contributed by atoms with Gasteiger partial charge in [-0.05, 0) is 56.2 Å². The minimum atomic E-state index is -3.38. The Morgan fingerprint density at radius 3 is 2.86 bits per heavy atom. The summed E-state index contributed by atoms with van der Waals surface area (Å²) in [6, 6.07) is 5.69. The monoisotopic (exact) mass is 308 g/mol. The van der Waals surface area contributed by atoms with Crippen molar-refractivity contribution in [1.29, 1.82) is 0 Å². The zero-order chi connectivity index (χ0) is 15.0. The maximum absolute atomic E-state index is 13.1. The van der Waals surface area contributed by atoms with Crippen molar-refractivity contribution in [2.24, 2.45) is 5.92 Å². The van der Waals surface area contributed by atoms with Crippen molar-refractivity contribution in [2.75, 3.05) is 18.4 Å². The third-order valence-corrected chi connectivity index (χ3v) is 6.81. The fourth-order valence-electron chi connectivity index (χ4n) is 3.59. The molecule has 0 aliphatic carbocycles. The molecule has 116 valence electrons. The molecule has 0 spiro atoms. The maximum atomic E-state index is 13.1. The van der Waals surface area contributed by atoms with Crippen LogP contribution in [-0.4, -0.2) is 31.9 Å². The summed E-state index contributed by atoms with van der Waals surface area (Å²) in [7, 11) is -3.38. The normalized spacial score (nSPS) is 27.0. The van der Waals surface area contributed by atoms with Gasteiger partial charge in [-0.1, -0.05) is 13.0 Å². The second-order valence-corrected chi connectivity index (χ2v) is 8.27. The Bertz CT molecular complexity index is 627. The van der Waals surface area contributed by atoms with E-state index in [0.29, 0.717) is 17.4 Å². The van der Waals surface area contributed by atoms with Crippen molar-refractivity contribution >= 4 is 15.7 Å². The van der Waals surface area contributed by atoms with Crippen molar-refractivity contribution in [2.45, 2.75) is 50.5 Å². The predicted molar refractivity (Wildman–Crippen MR) is 85.0 cm³/mol. The van der Waals surface area contributed by atoms with E-state index in [0.717, 1.165) is 43.5 Å². The van der Waals surface area contributed by atoms with Crippen LogP contribution in [0.2, 0.25) is 0 Å². The van der Waals surface area contributed by atoms with Gasteiger partial charge in [0.25, 0.3) is 0 Å². The first kappa shape index (κ1) is 14.9. The zero-order valence-corrected chi connectivity index (χ0v) is 13.6. The van der Waals surface area contributed by atoms with Gasteiger partial charge in [-0.25, -0.2) is 8.42 Å². The molecule has 1 aromatic carbocycles. The third-order valence-electron chi connectivity index (χ3n) is 4.72. The first-order chi connectivity index (χ1) is 10.00. The summed E-state index contributed by atoms with van der Waals surface area (Å²) in [6.07, 6.45) is 3.74. The molecule has 5 heteroatoms. The van der Waals surface area contributed by atoms with Gasteiger partial charge in [-0.15, -0.1) is 0 Å². The van der Waals surface area contributed by atoms with Gasteiger partial charge < -0.3 is 5.32 Å². The molecule has 2 aliphatic rings. The van der Waals surface area contributed by atoms with Gasteiger partial charge in [0.05, 0.1) is 4.90 Å². The van der Waals surface area contributed by atoms with E-state index < -0.39 is 10.0 Å². The molecule has 0 saturated carbocycles. The molecule has 3 rings (SSSR count). The number of rotatable bonds is 2. The van der Waals surface area contributed by atoms with Crippen LogP contribution in [0.5, 0.6) is 0 Å². The minimum Gasteiger partial charge on any atom is -0.385 e. The van der Waals surface area contributed by atoms with E-state index >= 15 is 0 Å². The van der Waals surface area contributed by atoms with Crippen LogP contribution in [0.1, 0.15) is 38.7 Å². The quantitative estimate of drug-likeness (QED) is 0.914. The fourth-order valence-corrected chi connectivity index (χ4v) is 5.52. The molecule has 1 N–H and O–H groups in total. The average molecular weight is 308 g/mol. The van der Waals surface area contributed by atoms with Crippen molar-refractivity contribution < 1.29 is 8.42 Å². The summed E-state index contributed by atoms with van der Waals surface area (Å²) in [5, 5.41) is 3.31. The van der Waals surface area contributed by atoms with Crippen molar-refractivity contribution in [3.63, 3.8) is 0 Å². The van der Waals surface area contributed by atoms with E-state index in [9.17, 15) is 8.42 Å². The molecule has 21 heavy (non-hydrogen) atoms. The summed E-state index contributed by atoms with van der Waals surface area (Å²) in [4.78, 5) is 0.508. The Morgan fingerprint density at radius 1 is 1.29 bits per heavy atom. The molecule has 1 aromatic rings. The molecule has 2 unspecified atom stereocenters. The van der Waals surface area contributed by atoms with Gasteiger partial charge in [-0.3, -0.25) is 0 Å². The number of benzene rings is 1. The highest BCUT2D eigenvalue weighted by Crippen LogP contribution is 2.33. The molecular formula is C16H24N2O2S. The first-order valence-electron chi connectivity index (χ1n) is 7.88. The lowest BCUT2D eigenvalue weighted by molar-refractivity contribution is 0.220. The minimum absolute atomic E-state index is 0.0890. The summed E-state index contributed by atoms with van der Waals surface area (Å²) >= 11 is 0. The molecule has 1 saturated heterocycles. The smallest absolute Gasteiger partial charge is 0.243 e. The Labute approximate surface area is 127 Å². The van der Waals surface area contributed by atoms with Crippen LogP contribution in [0.25, 0.3) is 0 Å². The maximum Gasteiger partial charge on any atom is 0.243 e. The van der Waals surface area contributed by atoms with E-state index in [1.54, 1.807) is 10.4 Å². The van der Waals surface area contributed by atoms with Crippen LogP contribution in [0.15, 0.2) is 23.1 Å². The molecule has 2 heterocycles. The second kappa shape index (κ2) is 5.61. The Kier molecular flexibility index (Phi) is 3.97. The summed E-state index contributed by atoms with van der Waals surface area (Å²) in [5.74, 6) is 0.609. The lowest BCUT2D eigenvalue weighted by Gasteiger charge is -2.36. The molecule has 0 bridgehead atoms. The standard InChI is InChI=1S/C16H24N2O2S/c1-12-8-10-18(13(2)11-12)21(19,20)16-7-3-6-15-14(16)5-4-9-17-15/h3,6-7,12-13,17H,4-5,8-11H2,1-2H3. The van der Waals surface area contributed by atoms with Crippen LogP contribution in [-0.2, 0) is 16.4 Å². The van der Waals surface area contributed by atoms with Crippen molar-refractivity contribution in [3.8, 4) is 0 Å². The van der Waals surface area contributed by atoms with Crippen LogP contribution in [0, 0.1) is 5.92 Å². The van der Waals surface area contributed by atoms with Crippen LogP contribution in [0.3, 0.4) is 0 Å². The molecule has 0 radical (unpaired) electrons. The van der Waals surface area contributed by atoms with Gasteiger partial charge in [0, 0.05) is 24.8 Å². The number of hydrogen-bond donors (Lipinski definition) is 1. The molecule has 2 atom stereocenters. The third kappa shape index (κ3) is 2.69. The molecule has 2 aliphatic heterocycles. The molecule has 1 fully saturated rings. The van der Waals surface area contributed by atoms with Crippen molar-refractivity contribution in [1.82, 2.24) is 4.31 Å².